The van der Waals surface area contributed by atoms with Gasteiger partial charge in [-0.3, -0.25) is 0 Å². The molecule has 0 radical (unpaired) electrons. The lowest BCUT2D eigenvalue weighted by Crippen LogP contribution is -2.06. The van der Waals surface area contributed by atoms with Gasteiger partial charge in [0, 0.05) is 11.6 Å². The summed E-state index contributed by atoms with van der Waals surface area (Å²) in [4.78, 5) is 0. The van der Waals surface area contributed by atoms with Gasteiger partial charge >= 0.3 is 0 Å². The maximum absolute atomic E-state index is 14.2. The van der Waals surface area contributed by atoms with Gasteiger partial charge in [0.05, 0.1) is 17.6 Å². The zero-order valence-electron chi connectivity index (χ0n) is 11.6. The van der Waals surface area contributed by atoms with Gasteiger partial charge in [-0.2, -0.15) is 0 Å². The molecule has 106 valence electrons. The molecule has 0 saturated carbocycles. The number of nitrogens with zero attached hydrogens (tertiary/aromatic N) is 3. The number of para-hydroxylation sites is 1. The Labute approximate surface area is 122 Å². The molecular formula is C16H15FN4. The van der Waals surface area contributed by atoms with Crippen LogP contribution in [-0.2, 0) is 0 Å². The van der Waals surface area contributed by atoms with Gasteiger partial charge < -0.3 is 5.73 Å². The quantitative estimate of drug-likeness (QED) is 0.803. The highest BCUT2D eigenvalue weighted by molar-refractivity contribution is 5.62. The fraction of sp³-hybridized carbons (Fsp3) is 0.125. The fourth-order valence-corrected chi connectivity index (χ4v) is 2.20. The van der Waals surface area contributed by atoms with Crippen LogP contribution in [0.15, 0.2) is 54.7 Å². The van der Waals surface area contributed by atoms with Crippen molar-refractivity contribution < 1.29 is 4.39 Å². The Hall–Kier alpha value is -2.53. The van der Waals surface area contributed by atoms with E-state index >= 15 is 0 Å². The van der Waals surface area contributed by atoms with Gasteiger partial charge in [-0.25, -0.2) is 9.07 Å². The van der Waals surface area contributed by atoms with Crippen molar-refractivity contribution in [2.24, 2.45) is 5.73 Å². The first-order valence-electron chi connectivity index (χ1n) is 6.68. The van der Waals surface area contributed by atoms with Gasteiger partial charge in [-0.15, -0.1) is 5.10 Å². The van der Waals surface area contributed by atoms with Gasteiger partial charge in [0.1, 0.15) is 5.82 Å². The summed E-state index contributed by atoms with van der Waals surface area (Å²) in [5.74, 6) is -0.320. The van der Waals surface area contributed by atoms with Crippen molar-refractivity contribution in [3.05, 3.63) is 66.1 Å². The topological polar surface area (TPSA) is 56.7 Å². The summed E-state index contributed by atoms with van der Waals surface area (Å²) in [6.07, 6.45) is 1.55. The minimum absolute atomic E-state index is 0.162. The monoisotopic (exact) mass is 282 g/mol. The zero-order chi connectivity index (χ0) is 14.8. The third-order valence-corrected chi connectivity index (χ3v) is 3.34. The number of benzene rings is 2. The summed E-state index contributed by atoms with van der Waals surface area (Å²) in [6, 6.07) is 14.2. The van der Waals surface area contributed by atoms with Crippen LogP contribution in [-0.4, -0.2) is 15.0 Å². The molecule has 0 saturated heterocycles. The van der Waals surface area contributed by atoms with Crippen LogP contribution in [0.4, 0.5) is 4.39 Å². The molecule has 1 aromatic heterocycles. The smallest absolute Gasteiger partial charge is 0.132 e. The Balaban J connectivity index is 2.14. The van der Waals surface area contributed by atoms with Crippen LogP contribution < -0.4 is 5.73 Å². The second kappa shape index (κ2) is 5.46. The lowest BCUT2D eigenvalue weighted by Gasteiger charge is -2.11. The van der Waals surface area contributed by atoms with Crippen LogP contribution in [0.5, 0.6) is 0 Å². The second-order valence-electron chi connectivity index (χ2n) is 4.89. The van der Waals surface area contributed by atoms with E-state index in [-0.39, 0.29) is 11.9 Å². The van der Waals surface area contributed by atoms with Gasteiger partial charge in [-0.1, -0.05) is 29.5 Å². The molecule has 0 amide bonds. The Bertz CT molecular complexity index is 750. The predicted octanol–water partition coefficient (Wildman–Crippen LogP) is 3.09. The van der Waals surface area contributed by atoms with Gasteiger partial charge in [0.2, 0.25) is 0 Å². The first kappa shape index (κ1) is 13.5. The van der Waals surface area contributed by atoms with Gasteiger partial charge in [0.15, 0.2) is 0 Å². The van der Waals surface area contributed by atoms with Crippen molar-refractivity contribution in [1.82, 2.24) is 15.0 Å². The Morgan fingerprint density at radius 1 is 1.14 bits per heavy atom. The molecule has 1 atom stereocenters. The van der Waals surface area contributed by atoms with E-state index in [0.29, 0.717) is 11.3 Å². The molecule has 0 spiro atoms. The van der Waals surface area contributed by atoms with E-state index in [1.54, 1.807) is 23.0 Å². The first-order chi connectivity index (χ1) is 10.2. The second-order valence-corrected chi connectivity index (χ2v) is 4.89. The minimum Gasteiger partial charge on any atom is -0.324 e. The molecule has 3 rings (SSSR count). The lowest BCUT2D eigenvalue weighted by molar-refractivity contribution is 0.627. The SMILES string of the molecule is CC(N)c1ccc(F)c(-c2cnnn2-c2ccccc2)c1. The molecule has 2 N–H and O–H groups in total. The molecule has 21 heavy (non-hydrogen) atoms. The fourth-order valence-electron chi connectivity index (χ4n) is 2.20. The average Bonchev–Trinajstić information content (AvgIpc) is 2.97. The van der Waals surface area contributed by atoms with Crippen molar-refractivity contribution in [1.29, 1.82) is 0 Å². The van der Waals surface area contributed by atoms with Crippen LogP contribution in [0.3, 0.4) is 0 Å². The molecular weight excluding hydrogens is 267 g/mol. The summed E-state index contributed by atoms with van der Waals surface area (Å²) in [5, 5.41) is 7.95. The molecule has 0 bridgehead atoms. The largest absolute Gasteiger partial charge is 0.324 e. The van der Waals surface area contributed by atoms with E-state index < -0.39 is 0 Å². The molecule has 4 nitrogen and oxygen atoms in total. The third-order valence-electron chi connectivity index (χ3n) is 3.34. The highest BCUT2D eigenvalue weighted by Gasteiger charge is 2.14. The minimum atomic E-state index is -0.320. The Morgan fingerprint density at radius 2 is 1.90 bits per heavy atom. The van der Waals surface area contributed by atoms with Gasteiger partial charge in [0.25, 0.3) is 0 Å². The molecule has 1 unspecified atom stereocenters. The van der Waals surface area contributed by atoms with Crippen LogP contribution >= 0.6 is 0 Å². The van der Waals surface area contributed by atoms with E-state index in [0.717, 1.165) is 11.3 Å². The molecule has 3 aromatic rings. The van der Waals surface area contributed by atoms with E-state index in [1.165, 1.54) is 6.07 Å². The summed E-state index contributed by atoms with van der Waals surface area (Å²) in [7, 11) is 0. The molecule has 0 aliphatic rings. The summed E-state index contributed by atoms with van der Waals surface area (Å²) < 4.78 is 15.8. The third kappa shape index (κ3) is 2.55. The zero-order valence-corrected chi connectivity index (χ0v) is 11.6. The van der Waals surface area contributed by atoms with Crippen molar-refractivity contribution in [2.45, 2.75) is 13.0 Å². The maximum atomic E-state index is 14.2. The number of hydrogen-bond acceptors (Lipinski definition) is 3. The standard InChI is InChI=1S/C16H15FN4/c1-11(18)12-7-8-15(17)14(9-12)16-10-19-20-21(16)13-5-3-2-4-6-13/h2-11H,18H2,1H3. The number of nitrogens with two attached hydrogens (primary N) is 1. The Kier molecular flexibility index (Phi) is 3.50. The van der Waals surface area contributed by atoms with E-state index in [1.807, 2.05) is 37.3 Å². The molecule has 0 aliphatic heterocycles. The summed E-state index contributed by atoms with van der Waals surface area (Å²) in [5.41, 5.74) is 8.61. The van der Waals surface area contributed by atoms with Crippen molar-refractivity contribution >= 4 is 0 Å². The van der Waals surface area contributed by atoms with Gasteiger partial charge in [-0.05, 0) is 36.8 Å². The van der Waals surface area contributed by atoms with E-state index in [4.69, 9.17) is 5.73 Å². The highest BCUT2D eigenvalue weighted by atomic mass is 19.1. The first-order valence-corrected chi connectivity index (χ1v) is 6.68. The molecule has 5 heteroatoms. The number of hydrogen-bond donors (Lipinski definition) is 1. The van der Waals surface area contributed by atoms with Crippen molar-refractivity contribution in [3.63, 3.8) is 0 Å². The molecule has 0 fully saturated rings. The maximum Gasteiger partial charge on any atom is 0.132 e. The van der Waals surface area contributed by atoms with Crippen LogP contribution in [0.2, 0.25) is 0 Å². The highest BCUT2D eigenvalue weighted by Crippen LogP contribution is 2.26. The Morgan fingerprint density at radius 3 is 2.62 bits per heavy atom. The number of aromatic nitrogens is 3. The van der Waals surface area contributed by atoms with Crippen LogP contribution in [0, 0.1) is 5.82 Å². The summed E-state index contributed by atoms with van der Waals surface area (Å²) >= 11 is 0. The van der Waals surface area contributed by atoms with Crippen molar-refractivity contribution in [3.8, 4) is 16.9 Å². The van der Waals surface area contributed by atoms with Crippen molar-refractivity contribution in [2.75, 3.05) is 0 Å². The number of halogens is 1. The predicted molar refractivity (Wildman–Crippen MR) is 79.4 cm³/mol. The average molecular weight is 282 g/mol. The molecule has 0 aliphatic carbocycles. The molecule has 2 aromatic carbocycles. The number of rotatable bonds is 3. The lowest BCUT2D eigenvalue weighted by atomic mass is 10.0. The van der Waals surface area contributed by atoms with E-state index in [9.17, 15) is 4.39 Å². The van der Waals surface area contributed by atoms with Crippen LogP contribution in [0.25, 0.3) is 16.9 Å². The van der Waals surface area contributed by atoms with E-state index in [2.05, 4.69) is 10.3 Å². The molecule has 1 heterocycles. The summed E-state index contributed by atoms with van der Waals surface area (Å²) in [6.45, 7) is 1.86. The van der Waals surface area contributed by atoms with Crippen LogP contribution in [0.1, 0.15) is 18.5 Å². The normalized spacial score (nSPS) is 12.3.